The zero-order valence-electron chi connectivity index (χ0n) is 14.6. The highest BCUT2D eigenvalue weighted by atomic mass is 16.6. The highest BCUT2D eigenvalue weighted by molar-refractivity contribution is 5.81. The van der Waals surface area contributed by atoms with Gasteiger partial charge in [-0.1, -0.05) is 24.9 Å². The minimum absolute atomic E-state index is 0.0764. The van der Waals surface area contributed by atoms with Crippen LogP contribution in [-0.2, 0) is 9.63 Å². The SMILES string of the molecule is COc1ccc(/C=N/OCC(=O)NC2CCCCC2C)cc1OC. The highest BCUT2D eigenvalue weighted by Gasteiger charge is 2.22. The monoisotopic (exact) mass is 334 g/mol. The molecule has 24 heavy (non-hydrogen) atoms. The maximum Gasteiger partial charge on any atom is 0.261 e. The van der Waals surface area contributed by atoms with Crippen molar-refractivity contribution in [2.75, 3.05) is 20.8 Å². The van der Waals surface area contributed by atoms with Crippen LogP contribution in [0.4, 0.5) is 0 Å². The first kappa shape index (κ1) is 18.1. The largest absolute Gasteiger partial charge is 0.493 e. The summed E-state index contributed by atoms with van der Waals surface area (Å²) in [4.78, 5) is 17.0. The van der Waals surface area contributed by atoms with Crippen LogP contribution in [0.25, 0.3) is 0 Å². The molecule has 1 aromatic carbocycles. The molecule has 1 aliphatic carbocycles. The standard InChI is InChI=1S/C18H26N2O4/c1-13-6-4-5-7-15(13)20-18(21)12-24-19-11-14-8-9-16(22-2)17(10-14)23-3/h8-11,13,15H,4-7,12H2,1-3H3,(H,20,21)/b19-11+. The topological polar surface area (TPSA) is 69.2 Å². The van der Waals surface area contributed by atoms with Crippen molar-refractivity contribution < 1.29 is 19.1 Å². The van der Waals surface area contributed by atoms with Crippen LogP contribution in [-0.4, -0.2) is 39.0 Å². The van der Waals surface area contributed by atoms with E-state index < -0.39 is 0 Å². The van der Waals surface area contributed by atoms with Crippen molar-refractivity contribution in [3.63, 3.8) is 0 Å². The summed E-state index contributed by atoms with van der Waals surface area (Å²) >= 11 is 0. The lowest BCUT2D eigenvalue weighted by Crippen LogP contribution is -2.42. The summed E-state index contributed by atoms with van der Waals surface area (Å²) in [5.41, 5.74) is 0.800. The smallest absolute Gasteiger partial charge is 0.261 e. The first-order chi connectivity index (χ1) is 11.6. The van der Waals surface area contributed by atoms with Gasteiger partial charge < -0.3 is 19.6 Å². The van der Waals surface area contributed by atoms with Crippen LogP contribution < -0.4 is 14.8 Å². The lowest BCUT2D eigenvalue weighted by molar-refractivity contribution is -0.126. The second-order valence-electron chi connectivity index (χ2n) is 6.06. The number of amides is 1. The van der Waals surface area contributed by atoms with Gasteiger partial charge in [0.2, 0.25) is 0 Å². The van der Waals surface area contributed by atoms with E-state index in [-0.39, 0.29) is 18.6 Å². The number of hydrogen-bond donors (Lipinski definition) is 1. The third-order valence-corrected chi connectivity index (χ3v) is 4.34. The van der Waals surface area contributed by atoms with Crippen molar-refractivity contribution in [2.24, 2.45) is 11.1 Å². The maximum atomic E-state index is 11.9. The van der Waals surface area contributed by atoms with E-state index in [9.17, 15) is 4.79 Å². The van der Waals surface area contributed by atoms with Gasteiger partial charge in [0.25, 0.3) is 5.91 Å². The van der Waals surface area contributed by atoms with E-state index >= 15 is 0 Å². The molecule has 1 amide bonds. The summed E-state index contributed by atoms with van der Waals surface area (Å²) in [6, 6.07) is 5.66. The predicted molar refractivity (Wildman–Crippen MR) is 92.7 cm³/mol. The number of nitrogens with zero attached hydrogens (tertiary/aromatic N) is 1. The molecule has 1 aromatic rings. The summed E-state index contributed by atoms with van der Waals surface area (Å²) < 4.78 is 10.4. The van der Waals surface area contributed by atoms with Gasteiger partial charge in [-0.3, -0.25) is 4.79 Å². The Labute approximate surface area is 143 Å². The average Bonchev–Trinajstić information content (AvgIpc) is 2.60. The van der Waals surface area contributed by atoms with Crippen molar-refractivity contribution in [2.45, 2.75) is 38.6 Å². The van der Waals surface area contributed by atoms with Crippen LogP contribution in [0.2, 0.25) is 0 Å². The molecule has 1 N–H and O–H groups in total. The summed E-state index contributed by atoms with van der Waals surface area (Å²) in [5, 5.41) is 6.87. The van der Waals surface area contributed by atoms with Crippen LogP contribution in [0.15, 0.2) is 23.4 Å². The lowest BCUT2D eigenvalue weighted by Gasteiger charge is -2.29. The minimum Gasteiger partial charge on any atom is -0.493 e. The number of benzene rings is 1. The molecule has 6 heteroatoms. The first-order valence-corrected chi connectivity index (χ1v) is 8.30. The molecule has 0 saturated heterocycles. The normalized spacial score (nSPS) is 20.6. The molecule has 0 radical (unpaired) electrons. The van der Waals surface area contributed by atoms with Gasteiger partial charge in [-0.25, -0.2) is 0 Å². The molecule has 2 atom stereocenters. The fourth-order valence-electron chi connectivity index (χ4n) is 2.91. The third-order valence-electron chi connectivity index (χ3n) is 4.34. The van der Waals surface area contributed by atoms with Gasteiger partial charge in [-0.2, -0.15) is 0 Å². The van der Waals surface area contributed by atoms with Crippen molar-refractivity contribution >= 4 is 12.1 Å². The number of carbonyl (C=O) groups excluding carboxylic acids is 1. The molecule has 132 valence electrons. The number of carbonyl (C=O) groups is 1. The zero-order valence-corrected chi connectivity index (χ0v) is 14.6. The summed E-state index contributed by atoms with van der Waals surface area (Å²) in [6.45, 7) is 2.10. The highest BCUT2D eigenvalue weighted by Crippen LogP contribution is 2.27. The Bertz CT molecular complexity index is 574. The van der Waals surface area contributed by atoms with Crippen LogP contribution in [0.3, 0.4) is 0 Å². The van der Waals surface area contributed by atoms with Crippen LogP contribution in [0.1, 0.15) is 38.2 Å². The predicted octanol–water partition coefficient (Wildman–Crippen LogP) is 2.75. The van der Waals surface area contributed by atoms with Gasteiger partial charge in [-0.15, -0.1) is 0 Å². The van der Waals surface area contributed by atoms with Crippen molar-refractivity contribution in [1.29, 1.82) is 0 Å². The Hall–Kier alpha value is -2.24. The van der Waals surface area contributed by atoms with Crippen LogP contribution >= 0.6 is 0 Å². The maximum absolute atomic E-state index is 11.9. The molecule has 1 saturated carbocycles. The summed E-state index contributed by atoms with van der Waals surface area (Å²) in [5.74, 6) is 1.67. The van der Waals surface area contributed by atoms with Gasteiger partial charge in [0.05, 0.1) is 20.4 Å². The Balaban J connectivity index is 1.78. The molecule has 2 rings (SSSR count). The number of ether oxygens (including phenoxy) is 2. The molecule has 0 bridgehead atoms. The number of nitrogens with one attached hydrogen (secondary N) is 1. The number of methoxy groups -OCH3 is 2. The van der Waals surface area contributed by atoms with Gasteiger partial charge in [0, 0.05) is 11.6 Å². The summed E-state index contributed by atoms with van der Waals surface area (Å²) in [7, 11) is 3.16. The second kappa shape index (κ2) is 9.15. The quantitative estimate of drug-likeness (QED) is 0.615. The van der Waals surface area contributed by atoms with Gasteiger partial charge >= 0.3 is 0 Å². The average molecular weight is 334 g/mol. The molecule has 0 aromatic heterocycles. The molecule has 0 spiro atoms. The van der Waals surface area contributed by atoms with Gasteiger partial charge in [-0.05, 0) is 37.0 Å². The van der Waals surface area contributed by atoms with E-state index in [1.54, 1.807) is 32.6 Å². The van der Waals surface area contributed by atoms with Crippen molar-refractivity contribution in [1.82, 2.24) is 5.32 Å². The Kier molecular flexibility index (Phi) is 6.90. The minimum atomic E-state index is -0.127. The molecular formula is C18H26N2O4. The van der Waals surface area contributed by atoms with Crippen molar-refractivity contribution in [3.8, 4) is 11.5 Å². The number of oxime groups is 1. The molecule has 2 unspecified atom stereocenters. The van der Waals surface area contributed by atoms with E-state index in [2.05, 4.69) is 17.4 Å². The fraction of sp³-hybridized carbons (Fsp3) is 0.556. The van der Waals surface area contributed by atoms with Crippen molar-refractivity contribution in [3.05, 3.63) is 23.8 Å². The van der Waals surface area contributed by atoms with Crippen LogP contribution in [0.5, 0.6) is 11.5 Å². The number of rotatable bonds is 7. The van der Waals surface area contributed by atoms with E-state index in [0.717, 1.165) is 12.0 Å². The lowest BCUT2D eigenvalue weighted by atomic mass is 9.86. The molecular weight excluding hydrogens is 308 g/mol. The van der Waals surface area contributed by atoms with Crippen LogP contribution in [0, 0.1) is 5.92 Å². The Morgan fingerprint density at radius 3 is 2.71 bits per heavy atom. The first-order valence-electron chi connectivity index (χ1n) is 8.30. The van der Waals surface area contributed by atoms with E-state index in [1.807, 2.05) is 6.07 Å². The Morgan fingerprint density at radius 2 is 2.00 bits per heavy atom. The molecule has 6 nitrogen and oxygen atoms in total. The zero-order chi connectivity index (χ0) is 17.4. The van der Waals surface area contributed by atoms with E-state index in [1.165, 1.54) is 19.3 Å². The molecule has 0 heterocycles. The third kappa shape index (κ3) is 5.15. The number of hydrogen-bond acceptors (Lipinski definition) is 5. The molecule has 1 aliphatic rings. The summed E-state index contributed by atoms with van der Waals surface area (Å²) in [6.07, 6.45) is 6.18. The second-order valence-corrected chi connectivity index (χ2v) is 6.06. The van der Waals surface area contributed by atoms with E-state index in [4.69, 9.17) is 14.3 Å². The van der Waals surface area contributed by atoms with Gasteiger partial charge in [0.1, 0.15) is 0 Å². The fourth-order valence-corrected chi connectivity index (χ4v) is 2.91. The molecule has 1 fully saturated rings. The van der Waals surface area contributed by atoms with E-state index in [0.29, 0.717) is 17.4 Å². The molecule has 0 aliphatic heterocycles. The Morgan fingerprint density at radius 1 is 1.25 bits per heavy atom. The van der Waals surface area contributed by atoms with Gasteiger partial charge in [0.15, 0.2) is 18.1 Å².